The summed E-state index contributed by atoms with van der Waals surface area (Å²) in [7, 11) is 0. The summed E-state index contributed by atoms with van der Waals surface area (Å²) in [4.78, 5) is 51.0. The maximum atomic E-state index is 12.6. The molecule has 1 aliphatic rings. The molecule has 1 fully saturated rings. The van der Waals surface area contributed by atoms with Gasteiger partial charge in [0, 0.05) is 24.3 Å². The molecule has 1 aliphatic heterocycles. The minimum atomic E-state index is -0.679. The van der Waals surface area contributed by atoms with Crippen molar-refractivity contribution in [3.63, 3.8) is 0 Å². The molecule has 0 unspecified atom stereocenters. The van der Waals surface area contributed by atoms with Crippen molar-refractivity contribution in [2.45, 2.75) is 33.1 Å². The Morgan fingerprint density at radius 1 is 0.900 bits per heavy atom. The van der Waals surface area contributed by atoms with E-state index in [1.807, 2.05) is 38.1 Å². The van der Waals surface area contributed by atoms with Crippen LogP contribution in [0.2, 0.25) is 0 Å². The van der Waals surface area contributed by atoms with Crippen LogP contribution in [0.4, 0.5) is 11.4 Å². The third-order valence-electron chi connectivity index (χ3n) is 6.34. The molecule has 4 rings (SSSR count). The van der Waals surface area contributed by atoms with Gasteiger partial charge in [-0.25, -0.2) is 4.79 Å². The molecule has 3 aromatic carbocycles. The number of nitrogens with one attached hydrogen (secondary N) is 1. The van der Waals surface area contributed by atoms with Gasteiger partial charge >= 0.3 is 11.9 Å². The van der Waals surface area contributed by atoms with Gasteiger partial charge in [0.05, 0.1) is 18.1 Å². The van der Waals surface area contributed by atoms with Crippen LogP contribution < -0.4 is 15.0 Å². The highest BCUT2D eigenvalue weighted by Crippen LogP contribution is 2.29. The molecule has 0 bridgehead atoms. The van der Waals surface area contributed by atoms with Crippen molar-refractivity contribution in [3.05, 3.63) is 83.9 Å². The van der Waals surface area contributed by atoms with Gasteiger partial charge in [-0.1, -0.05) is 31.0 Å². The monoisotopic (exact) mass is 544 g/mol. The molecule has 1 atom stereocenters. The van der Waals surface area contributed by atoms with Gasteiger partial charge in [-0.2, -0.15) is 0 Å². The van der Waals surface area contributed by atoms with Gasteiger partial charge in [-0.15, -0.1) is 0 Å². The summed E-state index contributed by atoms with van der Waals surface area (Å²) < 4.78 is 16.2. The molecule has 0 radical (unpaired) electrons. The van der Waals surface area contributed by atoms with Crippen molar-refractivity contribution in [1.82, 2.24) is 0 Å². The van der Waals surface area contributed by atoms with Gasteiger partial charge < -0.3 is 24.4 Å². The SMILES string of the molecule is CCCCOC(=O)c1ccc(NC(=O)COC(=O)[C@@H]2CC(=O)N(c3ccc(Oc4ccc(C)cc4)cc3)C2)cc1. The largest absolute Gasteiger partial charge is 0.462 e. The van der Waals surface area contributed by atoms with E-state index in [4.69, 9.17) is 14.2 Å². The Bertz CT molecular complexity index is 1340. The molecule has 0 aromatic heterocycles. The van der Waals surface area contributed by atoms with Gasteiger partial charge in [0.1, 0.15) is 11.5 Å². The van der Waals surface area contributed by atoms with Crippen LogP contribution in [0.1, 0.15) is 42.1 Å². The second kappa shape index (κ2) is 13.4. The summed E-state index contributed by atoms with van der Waals surface area (Å²) in [6.07, 6.45) is 1.72. The molecular weight excluding hydrogens is 512 g/mol. The van der Waals surface area contributed by atoms with Gasteiger partial charge in [-0.3, -0.25) is 14.4 Å². The first-order chi connectivity index (χ1) is 19.3. The maximum absolute atomic E-state index is 12.6. The smallest absolute Gasteiger partial charge is 0.338 e. The van der Waals surface area contributed by atoms with Crippen LogP contribution in [0.25, 0.3) is 0 Å². The summed E-state index contributed by atoms with van der Waals surface area (Å²) in [5.74, 6) is -1.11. The summed E-state index contributed by atoms with van der Waals surface area (Å²) in [5.41, 5.74) is 2.61. The number of anilines is 2. The lowest BCUT2D eigenvalue weighted by Crippen LogP contribution is -2.28. The number of carbonyl (C=O) groups excluding carboxylic acids is 4. The Kier molecular flexibility index (Phi) is 9.51. The first-order valence-electron chi connectivity index (χ1n) is 13.2. The standard InChI is InChI=1S/C31H32N2O7/c1-3-4-17-38-30(36)22-7-9-24(10-8-22)32-28(34)20-39-31(37)23-18-29(35)33(19-23)25-11-15-27(16-12-25)40-26-13-5-21(2)6-14-26/h5-16,23H,3-4,17-20H2,1-2H3,(H,32,34)/t23-/m1/s1. The number of esters is 2. The molecule has 2 amide bonds. The highest BCUT2D eigenvalue weighted by molar-refractivity contribution is 6.00. The molecule has 0 aliphatic carbocycles. The highest BCUT2D eigenvalue weighted by atomic mass is 16.5. The normalized spacial score (nSPS) is 14.5. The minimum Gasteiger partial charge on any atom is -0.462 e. The van der Waals surface area contributed by atoms with Crippen LogP contribution in [0.15, 0.2) is 72.8 Å². The minimum absolute atomic E-state index is 0.00210. The van der Waals surface area contributed by atoms with Crippen LogP contribution in [0.5, 0.6) is 11.5 Å². The molecule has 1 saturated heterocycles. The van der Waals surface area contributed by atoms with Gasteiger partial charge in [0.15, 0.2) is 6.61 Å². The van der Waals surface area contributed by atoms with Crippen LogP contribution in [-0.4, -0.2) is 43.5 Å². The van der Waals surface area contributed by atoms with Crippen LogP contribution in [-0.2, 0) is 23.9 Å². The number of hydrogen-bond acceptors (Lipinski definition) is 7. The number of ether oxygens (including phenoxy) is 3. The fraction of sp³-hybridized carbons (Fsp3) is 0.290. The fourth-order valence-corrected chi connectivity index (χ4v) is 4.09. The van der Waals surface area contributed by atoms with Crippen LogP contribution >= 0.6 is 0 Å². The summed E-state index contributed by atoms with van der Waals surface area (Å²) in [5, 5.41) is 2.62. The van der Waals surface area contributed by atoms with Gasteiger partial charge in [0.25, 0.3) is 5.91 Å². The number of unbranched alkanes of at least 4 members (excludes halogenated alkanes) is 1. The lowest BCUT2D eigenvalue weighted by Gasteiger charge is -2.17. The molecule has 9 nitrogen and oxygen atoms in total. The summed E-state index contributed by atoms with van der Waals surface area (Å²) in [6, 6.07) is 21.0. The first kappa shape index (κ1) is 28.4. The van der Waals surface area contributed by atoms with Crippen molar-refractivity contribution >= 4 is 35.1 Å². The predicted molar refractivity (Wildman–Crippen MR) is 149 cm³/mol. The molecule has 9 heteroatoms. The zero-order chi connectivity index (χ0) is 28.5. The number of carbonyl (C=O) groups is 4. The first-order valence-corrected chi connectivity index (χ1v) is 13.2. The van der Waals surface area contributed by atoms with Crippen molar-refractivity contribution < 1.29 is 33.4 Å². The van der Waals surface area contributed by atoms with Crippen molar-refractivity contribution in [3.8, 4) is 11.5 Å². The Morgan fingerprint density at radius 2 is 1.55 bits per heavy atom. The Labute approximate surface area is 233 Å². The molecule has 40 heavy (non-hydrogen) atoms. The van der Waals surface area contributed by atoms with E-state index in [-0.39, 0.29) is 18.9 Å². The Balaban J connectivity index is 1.23. The van der Waals surface area contributed by atoms with Gasteiger partial charge in [-0.05, 0) is 74.0 Å². The summed E-state index contributed by atoms with van der Waals surface area (Å²) in [6.45, 7) is 4.04. The number of nitrogens with zero attached hydrogens (tertiary/aromatic N) is 1. The quantitative estimate of drug-likeness (QED) is 0.258. The van der Waals surface area contributed by atoms with Crippen LogP contribution in [0, 0.1) is 12.8 Å². The van der Waals surface area contributed by atoms with E-state index in [1.165, 1.54) is 4.90 Å². The maximum Gasteiger partial charge on any atom is 0.338 e. The zero-order valence-corrected chi connectivity index (χ0v) is 22.6. The molecule has 1 N–H and O–H groups in total. The number of aryl methyl sites for hydroxylation is 1. The lowest BCUT2D eigenvalue weighted by atomic mass is 10.1. The fourth-order valence-electron chi connectivity index (χ4n) is 4.09. The average molecular weight is 545 g/mol. The third kappa shape index (κ3) is 7.69. The van der Waals surface area contributed by atoms with Crippen molar-refractivity contribution in [2.75, 3.05) is 30.0 Å². The second-order valence-corrected chi connectivity index (χ2v) is 9.54. The van der Waals surface area contributed by atoms with Gasteiger partial charge in [0.2, 0.25) is 5.91 Å². The number of hydrogen-bond donors (Lipinski definition) is 1. The topological polar surface area (TPSA) is 111 Å². The third-order valence-corrected chi connectivity index (χ3v) is 6.34. The van der Waals surface area contributed by atoms with Crippen LogP contribution in [0.3, 0.4) is 0 Å². The zero-order valence-electron chi connectivity index (χ0n) is 22.6. The highest BCUT2D eigenvalue weighted by Gasteiger charge is 2.36. The van der Waals surface area contributed by atoms with E-state index in [9.17, 15) is 19.2 Å². The van der Waals surface area contributed by atoms with E-state index in [2.05, 4.69) is 5.32 Å². The van der Waals surface area contributed by atoms with Crippen molar-refractivity contribution in [1.29, 1.82) is 0 Å². The summed E-state index contributed by atoms with van der Waals surface area (Å²) >= 11 is 0. The van der Waals surface area contributed by atoms with E-state index < -0.39 is 30.4 Å². The molecule has 0 spiro atoms. The van der Waals surface area contributed by atoms with Crippen molar-refractivity contribution in [2.24, 2.45) is 5.92 Å². The number of benzene rings is 3. The van der Waals surface area contributed by atoms with E-state index in [0.717, 1.165) is 18.4 Å². The number of rotatable bonds is 11. The molecule has 3 aromatic rings. The Morgan fingerprint density at radius 3 is 2.20 bits per heavy atom. The Hall–Kier alpha value is -4.66. The molecule has 1 heterocycles. The molecule has 208 valence electrons. The van der Waals surface area contributed by atoms with E-state index in [1.54, 1.807) is 48.5 Å². The number of amides is 2. The average Bonchev–Trinajstić information content (AvgIpc) is 3.35. The second-order valence-electron chi connectivity index (χ2n) is 9.54. The van der Waals surface area contributed by atoms with E-state index in [0.29, 0.717) is 35.0 Å². The predicted octanol–water partition coefficient (Wildman–Crippen LogP) is 5.28. The van der Waals surface area contributed by atoms with E-state index >= 15 is 0 Å². The lowest BCUT2D eigenvalue weighted by molar-refractivity contribution is -0.151. The molecule has 0 saturated carbocycles. The molecular formula is C31H32N2O7.